The minimum Gasteiger partial charge on any atom is -0.463 e. The third-order valence-corrected chi connectivity index (χ3v) is 5.65. The lowest BCUT2D eigenvalue weighted by molar-refractivity contribution is -0.0216. The molecule has 1 heterocycles. The molecule has 112 valence electrons. The summed E-state index contributed by atoms with van der Waals surface area (Å²) in [6.07, 6.45) is 4.97. The normalized spacial score (nSPS) is 38.7. The summed E-state index contributed by atoms with van der Waals surface area (Å²) in [5.41, 5.74) is 5.84. The minimum atomic E-state index is -0.553. The molecule has 1 aromatic heterocycles. The van der Waals surface area contributed by atoms with Crippen molar-refractivity contribution in [1.82, 2.24) is 0 Å². The van der Waals surface area contributed by atoms with E-state index in [-0.39, 0.29) is 5.41 Å². The van der Waals surface area contributed by atoms with Gasteiger partial charge in [-0.1, -0.05) is 26.7 Å². The number of aliphatic hydroxyl groups excluding tert-OH is 1. The minimum absolute atomic E-state index is 0.184. The van der Waals surface area contributed by atoms with E-state index in [9.17, 15) is 5.11 Å². The quantitative estimate of drug-likeness (QED) is 0.884. The molecule has 3 atom stereocenters. The van der Waals surface area contributed by atoms with E-state index >= 15 is 0 Å². The van der Waals surface area contributed by atoms with Crippen LogP contribution < -0.4 is 5.73 Å². The largest absolute Gasteiger partial charge is 0.463 e. The fraction of sp³-hybridized carbons (Fsp3) is 0.765. The van der Waals surface area contributed by atoms with Crippen molar-refractivity contribution in [2.75, 3.05) is 6.54 Å². The first kappa shape index (κ1) is 14.2. The van der Waals surface area contributed by atoms with Crippen LogP contribution in [0.1, 0.15) is 69.5 Å². The molecule has 2 aliphatic carbocycles. The maximum Gasteiger partial charge on any atom is 0.133 e. The van der Waals surface area contributed by atoms with E-state index in [0.717, 1.165) is 49.0 Å². The average molecular weight is 277 g/mol. The molecule has 20 heavy (non-hydrogen) atoms. The first-order valence-corrected chi connectivity index (χ1v) is 8.03. The lowest BCUT2D eigenvalue weighted by atomic mass is 9.67. The van der Waals surface area contributed by atoms with Crippen LogP contribution in [-0.2, 0) is 0 Å². The Morgan fingerprint density at radius 2 is 2.00 bits per heavy atom. The van der Waals surface area contributed by atoms with E-state index < -0.39 is 6.10 Å². The first-order valence-electron chi connectivity index (χ1n) is 8.03. The Labute approximate surface area is 121 Å². The van der Waals surface area contributed by atoms with Gasteiger partial charge in [-0.2, -0.15) is 0 Å². The molecule has 3 rings (SSSR count). The van der Waals surface area contributed by atoms with Crippen molar-refractivity contribution >= 4 is 0 Å². The molecule has 2 fully saturated rings. The van der Waals surface area contributed by atoms with Gasteiger partial charge in [0.05, 0.1) is 0 Å². The number of nitrogens with two attached hydrogens (primary N) is 1. The van der Waals surface area contributed by atoms with Gasteiger partial charge in [0.2, 0.25) is 0 Å². The molecular weight excluding hydrogens is 250 g/mol. The van der Waals surface area contributed by atoms with Gasteiger partial charge in [-0.3, -0.25) is 0 Å². The van der Waals surface area contributed by atoms with Crippen molar-refractivity contribution in [3.8, 4) is 0 Å². The second-order valence-corrected chi connectivity index (χ2v) is 7.21. The molecule has 3 N–H and O–H groups in total. The number of hydrogen-bond donors (Lipinski definition) is 2. The summed E-state index contributed by atoms with van der Waals surface area (Å²) in [5.74, 6) is 3.81. The predicted molar refractivity (Wildman–Crippen MR) is 79.3 cm³/mol. The molecule has 1 aromatic rings. The number of rotatable bonds is 4. The van der Waals surface area contributed by atoms with Gasteiger partial charge < -0.3 is 15.3 Å². The molecule has 3 heteroatoms. The molecule has 0 bridgehead atoms. The second-order valence-electron chi connectivity index (χ2n) is 7.21. The number of aliphatic hydroxyl groups is 1. The molecule has 0 aliphatic heterocycles. The van der Waals surface area contributed by atoms with Gasteiger partial charge in [0.1, 0.15) is 17.6 Å². The lowest BCUT2D eigenvalue weighted by Gasteiger charge is -2.41. The summed E-state index contributed by atoms with van der Waals surface area (Å²) in [6.45, 7) is 5.07. The van der Waals surface area contributed by atoms with Crippen molar-refractivity contribution < 1.29 is 9.52 Å². The zero-order valence-corrected chi connectivity index (χ0v) is 12.6. The fourth-order valence-corrected chi connectivity index (χ4v) is 3.66. The Morgan fingerprint density at radius 1 is 1.35 bits per heavy atom. The van der Waals surface area contributed by atoms with Crippen LogP contribution in [0.5, 0.6) is 0 Å². The SMILES string of the molecule is CC1CCC(CN)(C(O)c2ccc(C3CC3C)o2)CC1. The van der Waals surface area contributed by atoms with Crippen LogP contribution in [0.3, 0.4) is 0 Å². The number of furan rings is 1. The lowest BCUT2D eigenvalue weighted by Crippen LogP contribution is -2.39. The Kier molecular flexibility index (Phi) is 3.67. The van der Waals surface area contributed by atoms with Crippen LogP contribution in [0.4, 0.5) is 0 Å². The third-order valence-electron chi connectivity index (χ3n) is 5.65. The van der Waals surface area contributed by atoms with Gasteiger partial charge in [-0.05, 0) is 43.2 Å². The first-order chi connectivity index (χ1) is 9.55. The molecule has 0 amide bonds. The zero-order valence-electron chi connectivity index (χ0n) is 12.6. The van der Waals surface area contributed by atoms with E-state index in [2.05, 4.69) is 13.8 Å². The van der Waals surface area contributed by atoms with Gasteiger partial charge in [0, 0.05) is 17.9 Å². The fourth-order valence-electron chi connectivity index (χ4n) is 3.66. The molecular formula is C17H27NO2. The second kappa shape index (κ2) is 5.19. The van der Waals surface area contributed by atoms with Crippen molar-refractivity contribution in [1.29, 1.82) is 0 Å². The van der Waals surface area contributed by atoms with Crippen LogP contribution in [0.25, 0.3) is 0 Å². The van der Waals surface area contributed by atoms with E-state index in [1.165, 1.54) is 6.42 Å². The van der Waals surface area contributed by atoms with E-state index in [4.69, 9.17) is 10.2 Å². The summed E-state index contributed by atoms with van der Waals surface area (Å²) in [5, 5.41) is 10.8. The van der Waals surface area contributed by atoms with Crippen LogP contribution in [0.15, 0.2) is 16.5 Å². The Hall–Kier alpha value is -0.800. The summed E-state index contributed by atoms with van der Waals surface area (Å²) in [4.78, 5) is 0. The maximum absolute atomic E-state index is 10.8. The molecule has 0 radical (unpaired) electrons. The highest BCUT2D eigenvalue weighted by atomic mass is 16.4. The average Bonchev–Trinajstić information content (AvgIpc) is 3.01. The molecule has 0 aromatic carbocycles. The standard InChI is InChI=1S/C17H27NO2/c1-11-5-7-17(10-18,8-6-11)16(19)15-4-3-14(20-15)13-9-12(13)2/h3-4,11-13,16,19H,5-10,18H2,1-2H3. The van der Waals surface area contributed by atoms with Crippen LogP contribution >= 0.6 is 0 Å². The maximum atomic E-state index is 10.8. The van der Waals surface area contributed by atoms with Gasteiger partial charge in [-0.25, -0.2) is 0 Å². The van der Waals surface area contributed by atoms with E-state index in [1.54, 1.807) is 0 Å². The molecule has 3 unspecified atom stereocenters. The highest BCUT2D eigenvalue weighted by Crippen LogP contribution is 2.50. The molecule has 0 spiro atoms. The molecule has 2 saturated carbocycles. The zero-order chi connectivity index (χ0) is 14.3. The topological polar surface area (TPSA) is 59.4 Å². The van der Waals surface area contributed by atoms with Crippen LogP contribution in [0.2, 0.25) is 0 Å². The monoisotopic (exact) mass is 277 g/mol. The van der Waals surface area contributed by atoms with Crippen molar-refractivity contribution in [3.05, 3.63) is 23.7 Å². The van der Waals surface area contributed by atoms with Crippen molar-refractivity contribution in [2.45, 2.75) is 58.0 Å². The summed E-state index contributed by atoms with van der Waals surface area (Å²) in [7, 11) is 0. The van der Waals surface area contributed by atoms with Gasteiger partial charge in [-0.15, -0.1) is 0 Å². The molecule has 0 saturated heterocycles. The Morgan fingerprint density at radius 3 is 2.55 bits per heavy atom. The highest BCUT2D eigenvalue weighted by molar-refractivity contribution is 5.20. The van der Waals surface area contributed by atoms with Gasteiger partial charge in [0.25, 0.3) is 0 Å². The number of hydrogen-bond acceptors (Lipinski definition) is 3. The smallest absolute Gasteiger partial charge is 0.133 e. The van der Waals surface area contributed by atoms with Crippen molar-refractivity contribution in [3.63, 3.8) is 0 Å². The summed E-state index contributed by atoms with van der Waals surface area (Å²) < 4.78 is 5.94. The highest BCUT2D eigenvalue weighted by Gasteiger charge is 2.43. The van der Waals surface area contributed by atoms with Gasteiger partial charge >= 0.3 is 0 Å². The summed E-state index contributed by atoms with van der Waals surface area (Å²) in [6, 6.07) is 4.00. The Bertz CT molecular complexity index is 459. The van der Waals surface area contributed by atoms with Crippen LogP contribution in [-0.4, -0.2) is 11.7 Å². The van der Waals surface area contributed by atoms with Crippen LogP contribution in [0, 0.1) is 17.3 Å². The summed E-state index contributed by atoms with van der Waals surface area (Å²) >= 11 is 0. The van der Waals surface area contributed by atoms with E-state index in [0.29, 0.717) is 12.5 Å². The van der Waals surface area contributed by atoms with E-state index in [1.807, 2.05) is 12.1 Å². The Balaban J connectivity index is 1.76. The predicted octanol–water partition coefficient (Wildman–Crippen LogP) is 3.59. The van der Waals surface area contributed by atoms with Crippen molar-refractivity contribution in [2.24, 2.45) is 23.0 Å². The molecule has 2 aliphatic rings. The van der Waals surface area contributed by atoms with Gasteiger partial charge in [0.15, 0.2) is 0 Å². The third kappa shape index (κ3) is 2.42. The molecule has 3 nitrogen and oxygen atoms in total.